The zero-order valence-electron chi connectivity index (χ0n) is 13.8. The fourth-order valence-electron chi connectivity index (χ4n) is 2.24. The lowest BCUT2D eigenvalue weighted by molar-refractivity contribution is -0.114. The van der Waals surface area contributed by atoms with Gasteiger partial charge in [-0.3, -0.25) is 14.6 Å². The number of carbonyl (C=O) groups excluding carboxylic acids is 2. The van der Waals surface area contributed by atoms with Crippen molar-refractivity contribution in [3.63, 3.8) is 0 Å². The molecular weight excluding hydrogens is 370 g/mol. The van der Waals surface area contributed by atoms with Crippen molar-refractivity contribution in [1.29, 1.82) is 0 Å². The van der Waals surface area contributed by atoms with Gasteiger partial charge in [0, 0.05) is 24.7 Å². The van der Waals surface area contributed by atoms with E-state index in [-0.39, 0.29) is 16.9 Å². The molecule has 1 aromatic carbocycles. The van der Waals surface area contributed by atoms with E-state index >= 15 is 0 Å². The van der Waals surface area contributed by atoms with Crippen molar-refractivity contribution in [2.45, 2.75) is 6.92 Å². The van der Waals surface area contributed by atoms with Crippen LogP contribution in [0, 0.1) is 6.57 Å². The fraction of sp³-hybridized carbons (Fsp3) is 0.0625. The number of anilines is 1. The van der Waals surface area contributed by atoms with Crippen molar-refractivity contribution in [3.05, 3.63) is 41.5 Å². The molecule has 11 heteroatoms. The van der Waals surface area contributed by atoms with Gasteiger partial charge in [0.2, 0.25) is 11.6 Å². The third-order valence-electron chi connectivity index (χ3n) is 3.40. The smallest absolute Gasteiger partial charge is 0.252 e. The number of aromatic hydroxyl groups is 1. The molecule has 0 bridgehead atoms. The fourth-order valence-corrected chi connectivity index (χ4v) is 2.93. The van der Waals surface area contributed by atoms with Crippen LogP contribution in [0.25, 0.3) is 15.7 Å². The summed E-state index contributed by atoms with van der Waals surface area (Å²) in [5.74, 6) is -1.78. The van der Waals surface area contributed by atoms with Crippen LogP contribution in [-0.2, 0) is 4.79 Å². The van der Waals surface area contributed by atoms with Crippen LogP contribution in [0.4, 0.5) is 22.1 Å². The molecule has 2 heterocycles. The molecule has 0 aliphatic rings. The predicted octanol–water partition coefficient (Wildman–Crippen LogP) is 3.42. The molecule has 0 spiro atoms. The Balaban J connectivity index is 2.05. The lowest BCUT2D eigenvalue weighted by atomic mass is 10.1. The Morgan fingerprint density at radius 1 is 1.33 bits per heavy atom. The Bertz CT molecular complexity index is 1150. The first-order chi connectivity index (χ1) is 12.9. The molecule has 27 heavy (non-hydrogen) atoms. The third-order valence-corrected chi connectivity index (χ3v) is 4.15. The highest BCUT2D eigenvalue weighted by Gasteiger charge is 2.16. The van der Waals surface area contributed by atoms with E-state index in [0.29, 0.717) is 21.6 Å². The van der Waals surface area contributed by atoms with Crippen LogP contribution in [0.5, 0.6) is 5.75 Å². The molecule has 0 fully saturated rings. The van der Waals surface area contributed by atoms with Gasteiger partial charge in [0.15, 0.2) is 10.8 Å². The normalized spacial score (nSPS) is 10.8. The largest absolute Gasteiger partial charge is 0.505 e. The summed E-state index contributed by atoms with van der Waals surface area (Å²) in [7, 11) is 0. The van der Waals surface area contributed by atoms with Crippen molar-refractivity contribution in [2.24, 2.45) is 16.0 Å². The minimum atomic E-state index is -0.884. The number of hydrogen-bond donors (Lipinski definition) is 3. The molecule has 10 nitrogen and oxygen atoms in total. The van der Waals surface area contributed by atoms with Gasteiger partial charge in [0.1, 0.15) is 0 Å². The molecule has 2 aromatic heterocycles. The maximum Gasteiger partial charge on any atom is 0.252 e. The number of carbonyl (C=O) groups is 2. The van der Waals surface area contributed by atoms with E-state index in [2.05, 4.69) is 29.7 Å². The first kappa shape index (κ1) is 17.9. The summed E-state index contributed by atoms with van der Waals surface area (Å²) in [4.78, 5) is 30.1. The first-order valence-electron chi connectivity index (χ1n) is 7.37. The van der Waals surface area contributed by atoms with Crippen LogP contribution < -0.4 is 11.1 Å². The van der Waals surface area contributed by atoms with Gasteiger partial charge in [-0.25, -0.2) is 9.22 Å². The maximum atomic E-state index is 11.5. The van der Waals surface area contributed by atoms with E-state index < -0.39 is 17.6 Å². The molecule has 0 radical (unpaired) electrons. The van der Waals surface area contributed by atoms with Crippen LogP contribution >= 0.6 is 11.5 Å². The second-order valence-corrected chi connectivity index (χ2v) is 6.04. The lowest BCUT2D eigenvalue weighted by Crippen LogP contribution is -2.13. The Labute approximate surface area is 156 Å². The van der Waals surface area contributed by atoms with Crippen LogP contribution in [0.1, 0.15) is 17.3 Å². The van der Waals surface area contributed by atoms with Gasteiger partial charge in [-0.05, 0) is 23.7 Å². The summed E-state index contributed by atoms with van der Waals surface area (Å²) in [6.07, 6.45) is 2.94. The van der Waals surface area contributed by atoms with E-state index in [9.17, 15) is 14.7 Å². The van der Waals surface area contributed by atoms with Crippen molar-refractivity contribution in [1.82, 2.24) is 9.36 Å². The summed E-state index contributed by atoms with van der Waals surface area (Å²) >= 11 is 1.04. The standard InChI is InChI=1S/C16H11N7O3S/c1-7(24)20-11-4-8(3-9(14(11)25)15(17)26)21-22-16-10-5-19-6-12(18-2)13(10)23-27-16/h3-6,25H,1H3,(H2,17,26)(H,20,24). The van der Waals surface area contributed by atoms with Gasteiger partial charge in [0.05, 0.1) is 29.0 Å². The Morgan fingerprint density at radius 2 is 2.11 bits per heavy atom. The van der Waals surface area contributed by atoms with E-state index in [4.69, 9.17) is 12.3 Å². The van der Waals surface area contributed by atoms with Crippen molar-refractivity contribution in [2.75, 3.05) is 5.32 Å². The van der Waals surface area contributed by atoms with Gasteiger partial charge in [-0.15, -0.1) is 10.2 Å². The number of azo groups is 1. The van der Waals surface area contributed by atoms with Crippen molar-refractivity contribution >= 4 is 56.3 Å². The van der Waals surface area contributed by atoms with E-state index in [0.717, 1.165) is 11.5 Å². The van der Waals surface area contributed by atoms with Crippen LogP contribution in [0.2, 0.25) is 0 Å². The number of primary amides is 1. The second-order valence-electron chi connectivity index (χ2n) is 5.29. The molecule has 0 saturated carbocycles. The lowest BCUT2D eigenvalue weighted by Gasteiger charge is -2.09. The highest BCUT2D eigenvalue weighted by atomic mass is 32.1. The molecule has 0 aliphatic heterocycles. The maximum absolute atomic E-state index is 11.5. The first-order valence-corrected chi connectivity index (χ1v) is 8.15. The number of hydrogen-bond acceptors (Lipinski definition) is 8. The topological polar surface area (TPSA) is 147 Å². The molecule has 3 rings (SSSR count). The number of rotatable bonds is 4. The summed E-state index contributed by atoms with van der Waals surface area (Å²) < 4.78 is 4.18. The van der Waals surface area contributed by atoms with Crippen LogP contribution in [0.3, 0.4) is 0 Å². The van der Waals surface area contributed by atoms with Gasteiger partial charge >= 0.3 is 0 Å². The third kappa shape index (κ3) is 3.55. The van der Waals surface area contributed by atoms with E-state index in [1.165, 1.54) is 31.5 Å². The number of benzene rings is 1. The summed E-state index contributed by atoms with van der Waals surface area (Å²) in [5.41, 5.74) is 5.99. The number of aromatic nitrogens is 2. The summed E-state index contributed by atoms with van der Waals surface area (Å²) in [5, 5.41) is 21.5. The second kappa shape index (κ2) is 7.14. The Kier molecular flexibility index (Phi) is 4.73. The number of nitrogens with zero attached hydrogens (tertiary/aromatic N) is 5. The molecule has 3 aromatic rings. The molecule has 0 atom stereocenters. The summed E-state index contributed by atoms with van der Waals surface area (Å²) in [6, 6.07) is 2.59. The number of nitrogens with one attached hydrogen (secondary N) is 1. The molecular formula is C16H11N7O3S. The highest BCUT2D eigenvalue weighted by molar-refractivity contribution is 7.11. The zero-order valence-corrected chi connectivity index (χ0v) is 14.6. The number of amides is 2. The summed E-state index contributed by atoms with van der Waals surface area (Å²) in [6.45, 7) is 8.38. The van der Waals surface area contributed by atoms with Gasteiger partial charge in [-0.2, -0.15) is 0 Å². The van der Waals surface area contributed by atoms with Crippen LogP contribution in [0.15, 0.2) is 34.8 Å². The highest BCUT2D eigenvalue weighted by Crippen LogP contribution is 2.37. The van der Waals surface area contributed by atoms with Gasteiger partial charge in [0.25, 0.3) is 5.91 Å². The van der Waals surface area contributed by atoms with E-state index in [1.807, 2.05) is 0 Å². The average Bonchev–Trinajstić information content (AvgIpc) is 3.04. The SMILES string of the molecule is [C-]#[N+]c1cncc2c(N=Nc3cc(NC(C)=O)c(O)c(C(N)=O)c3)snc12. The van der Waals surface area contributed by atoms with E-state index in [1.54, 1.807) is 0 Å². The number of phenols is 1. The predicted molar refractivity (Wildman–Crippen MR) is 98.8 cm³/mol. The number of pyridine rings is 1. The molecule has 0 unspecified atom stereocenters. The molecule has 134 valence electrons. The van der Waals surface area contributed by atoms with Crippen molar-refractivity contribution in [3.8, 4) is 5.75 Å². The minimum absolute atomic E-state index is 0.0149. The molecule has 4 N–H and O–H groups in total. The number of fused-ring (bicyclic) bond motifs is 1. The average molecular weight is 381 g/mol. The van der Waals surface area contributed by atoms with Gasteiger partial charge < -0.3 is 16.2 Å². The molecule has 0 aliphatic carbocycles. The quantitative estimate of drug-likeness (QED) is 0.360. The van der Waals surface area contributed by atoms with Gasteiger partial charge in [-0.1, -0.05) is 0 Å². The van der Waals surface area contributed by atoms with Crippen molar-refractivity contribution < 1.29 is 14.7 Å². The Hall–Kier alpha value is -3.91. The molecule has 2 amide bonds. The minimum Gasteiger partial charge on any atom is -0.505 e. The zero-order chi connectivity index (χ0) is 19.6. The number of nitrogens with two attached hydrogens (primary N) is 1. The Morgan fingerprint density at radius 3 is 2.78 bits per heavy atom. The monoisotopic (exact) mass is 381 g/mol. The molecule has 0 saturated heterocycles. The van der Waals surface area contributed by atoms with Crippen LogP contribution in [-0.4, -0.2) is 26.3 Å².